The van der Waals surface area contributed by atoms with Crippen LogP contribution >= 0.6 is 0 Å². The SMILES string of the molecule is C(/CC/C=N/[n+]1ccccc1)=N\[n+]1ccccc1.[O-][Cl+3]([O-])([O-])[O-].[O-][Cl+3]([O-])([O-])[O-]. The summed E-state index contributed by atoms with van der Waals surface area (Å²) in [5, 5.41) is 8.55. The van der Waals surface area contributed by atoms with Crippen LogP contribution in [0.2, 0.25) is 0 Å². The molecule has 12 nitrogen and oxygen atoms in total. The van der Waals surface area contributed by atoms with Crippen molar-refractivity contribution in [3.05, 3.63) is 61.2 Å². The Bertz CT molecular complexity index is 620. The van der Waals surface area contributed by atoms with Crippen molar-refractivity contribution in [2.75, 3.05) is 0 Å². The van der Waals surface area contributed by atoms with Gasteiger partial charge in [0, 0.05) is 24.3 Å². The van der Waals surface area contributed by atoms with Crippen molar-refractivity contribution in [3.8, 4) is 0 Å². The van der Waals surface area contributed by atoms with Gasteiger partial charge in [-0.1, -0.05) is 21.5 Å². The molecular formula is C14H16Cl2N4O8. The van der Waals surface area contributed by atoms with Gasteiger partial charge in [-0.3, -0.25) is 0 Å². The van der Waals surface area contributed by atoms with Gasteiger partial charge in [-0.25, -0.2) is 37.3 Å². The number of pyridine rings is 2. The van der Waals surface area contributed by atoms with E-state index in [0.717, 1.165) is 12.8 Å². The highest BCUT2D eigenvalue weighted by molar-refractivity contribution is 5.64. The Balaban J connectivity index is 0.000000607. The highest BCUT2D eigenvalue weighted by atomic mass is 35.7. The third kappa shape index (κ3) is 23.9. The van der Waals surface area contributed by atoms with E-state index in [2.05, 4.69) is 10.2 Å². The molecule has 14 heteroatoms. The van der Waals surface area contributed by atoms with Crippen molar-refractivity contribution in [1.29, 1.82) is 0 Å². The molecule has 0 aliphatic carbocycles. The van der Waals surface area contributed by atoms with Gasteiger partial charge in [0.1, 0.15) is 0 Å². The van der Waals surface area contributed by atoms with Crippen molar-refractivity contribution in [1.82, 2.24) is 0 Å². The molecule has 0 aromatic carbocycles. The molecule has 0 saturated heterocycles. The first-order valence-electron chi connectivity index (χ1n) is 7.17. The molecule has 0 atom stereocenters. The number of hydrogen-bond donors (Lipinski definition) is 0. The summed E-state index contributed by atoms with van der Waals surface area (Å²) >= 11 is 0. The molecule has 2 aromatic rings. The Morgan fingerprint density at radius 3 is 1.04 bits per heavy atom. The monoisotopic (exact) mass is 438 g/mol. The van der Waals surface area contributed by atoms with Crippen molar-refractivity contribution >= 4 is 12.4 Å². The summed E-state index contributed by atoms with van der Waals surface area (Å²) in [6.07, 6.45) is 13.2. The van der Waals surface area contributed by atoms with E-state index in [1.807, 2.05) is 73.6 Å². The molecule has 0 spiro atoms. The van der Waals surface area contributed by atoms with E-state index >= 15 is 0 Å². The first-order valence-corrected chi connectivity index (χ1v) is 9.64. The zero-order chi connectivity index (χ0) is 21.5. The number of hydrogen-bond acceptors (Lipinski definition) is 10. The second-order valence-corrected chi connectivity index (χ2v) is 5.95. The molecule has 0 saturated carbocycles. The van der Waals surface area contributed by atoms with E-state index in [4.69, 9.17) is 37.3 Å². The predicted octanol–water partition coefficient (Wildman–Crippen LogP) is -8.10. The molecule has 2 rings (SSSR count). The van der Waals surface area contributed by atoms with Gasteiger partial charge >= 0.3 is 0 Å². The summed E-state index contributed by atoms with van der Waals surface area (Å²) in [6.45, 7) is 0. The lowest BCUT2D eigenvalue weighted by Gasteiger charge is -2.17. The van der Waals surface area contributed by atoms with Crippen molar-refractivity contribution < 1.29 is 67.1 Å². The zero-order valence-electron chi connectivity index (χ0n) is 14.2. The normalized spacial score (nSPS) is 11.6. The average Bonchev–Trinajstić information content (AvgIpc) is 2.57. The minimum absolute atomic E-state index is 0.874. The van der Waals surface area contributed by atoms with Crippen LogP contribution < -0.4 is 46.6 Å². The van der Waals surface area contributed by atoms with Gasteiger partial charge in [-0.2, -0.15) is 0 Å². The van der Waals surface area contributed by atoms with Gasteiger partial charge in [0.05, 0.1) is 12.4 Å². The summed E-state index contributed by atoms with van der Waals surface area (Å²) in [5.74, 6) is 0. The highest BCUT2D eigenvalue weighted by Crippen LogP contribution is 1.82. The molecule has 0 fully saturated rings. The predicted molar refractivity (Wildman–Crippen MR) is 70.3 cm³/mol. The number of unbranched alkanes of at least 4 members (excludes halogenated alkanes) is 1. The first kappa shape index (κ1) is 25.9. The lowest BCUT2D eigenvalue weighted by Crippen LogP contribution is -2.68. The number of halogens is 2. The van der Waals surface area contributed by atoms with Crippen LogP contribution in [0.25, 0.3) is 0 Å². The largest absolute Gasteiger partial charge is 0.222 e. The van der Waals surface area contributed by atoms with Gasteiger partial charge in [-0.15, -0.1) is 20.5 Å². The molecule has 154 valence electrons. The Hall–Kier alpha value is -2.10. The molecule has 2 aromatic heterocycles. The van der Waals surface area contributed by atoms with Crippen LogP contribution in [0.15, 0.2) is 71.4 Å². The maximum Gasteiger partial charge on any atom is 0.202 e. The Labute approximate surface area is 164 Å². The third-order valence-electron chi connectivity index (χ3n) is 2.25. The highest BCUT2D eigenvalue weighted by Gasteiger charge is 1.92. The van der Waals surface area contributed by atoms with Crippen LogP contribution in [0.3, 0.4) is 0 Å². The topological polar surface area (TPSA) is 217 Å². The molecule has 0 aliphatic heterocycles. The summed E-state index contributed by atoms with van der Waals surface area (Å²) in [7, 11) is -9.89. The number of aromatic nitrogens is 2. The minimum atomic E-state index is -4.94. The van der Waals surface area contributed by atoms with Crippen molar-refractivity contribution in [3.63, 3.8) is 0 Å². The molecular weight excluding hydrogens is 423 g/mol. The van der Waals surface area contributed by atoms with Gasteiger partial charge in [-0.05, 0) is 23.0 Å². The maximum atomic E-state index is 8.49. The molecule has 2 heterocycles. The van der Waals surface area contributed by atoms with E-state index in [-0.39, 0.29) is 0 Å². The van der Waals surface area contributed by atoms with Crippen LogP contribution in [0, 0.1) is 20.5 Å². The molecule has 0 bridgehead atoms. The Morgan fingerprint density at radius 2 is 0.786 bits per heavy atom. The minimum Gasteiger partial charge on any atom is -0.222 e. The molecule has 28 heavy (non-hydrogen) atoms. The smallest absolute Gasteiger partial charge is 0.202 e. The lowest BCUT2D eigenvalue weighted by molar-refractivity contribution is -2.00. The lowest BCUT2D eigenvalue weighted by atomic mass is 10.3. The van der Waals surface area contributed by atoms with Gasteiger partial charge in [0.25, 0.3) is 0 Å². The summed E-state index contributed by atoms with van der Waals surface area (Å²) in [5.41, 5.74) is 0. The molecule has 0 radical (unpaired) electrons. The van der Waals surface area contributed by atoms with Crippen LogP contribution in [-0.2, 0) is 0 Å². The number of rotatable bonds is 5. The zero-order valence-corrected chi connectivity index (χ0v) is 15.7. The van der Waals surface area contributed by atoms with E-state index < -0.39 is 20.5 Å². The fourth-order valence-corrected chi connectivity index (χ4v) is 1.39. The van der Waals surface area contributed by atoms with Gasteiger partial charge in [0.2, 0.25) is 24.8 Å². The maximum absolute atomic E-state index is 8.49. The summed E-state index contributed by atoms with van der Waals surface area (Å²) in [6, 6.07) is 11.7. The van der Waals surface area contributed by atoms with Gasteiger partial charge < -0.3 is 0 Å². The summed E-state index contributed by atoms with van der Waals surface area (Å²) in [4.78, 5) is 0. The fraction of sp³-hybridized carbons (Fsp3) is 0.143. The Kier molecular flexibility index (Phi) is 12.9. The second kappa shape index (κ2) is 14.0. The van der Waals surface area contributed by atoms with E-state index in [9.17, 15) is 0 Å². The second-order valence-electron chi connectivity index (χ2n) is 4.44. The standard InChI is InChI=1S/C14H16N4.2ClHO4/c1-5-11-17(12-6-1)15-9-3-4-10-16-18-13-7-2-8-14-18;2*2-1(3,4)5/h1-2,5-14H,3-4H2;2*(H,2,3,4,5)/q+2;;/p-2/b15-9+,16-10+;;. The fourth-order valence-electron chi connectivity index (χ4n) is 1.39. The average molecular weight is 439 g/mol. The van der Waals surface area contributed by atoms with Gasteiger partial charge in [0.15, 0.2) is 0 Å². The van der Waals surface area contributed by atoms with Crippen LogP contribution in [0.5, 0.6) is 0 Å². The molecule has 0 aliphatic rings. The van der Waals surface area contributed by atoms with E-state index in [0.29, 0.717) is 0 Å². The number of nitrogens with zero attached hydrogens (tertiary/aromatic N) is 4. The molecule has 0 amide bonds. The van der Waals surface area contributed by atoms with Crippen molar-refractivity contribution in [2.24, 2.45) is 10.2 Å². The molecule has 0 unspecified atom stereocenters. The van der Waals surface area contributed by atoms with Crippen LogP contribution in [0.1, 0.15) is 12.8 Å². The Morgan fingerprint density at radius 1 is 0.536 bits per heavy atom. The van der Waals surface area contributed by atoms with Crippen LogP contribution in [-0.4, -0.2) is 12.4 Å². The van der Waals surface area contributed by atoms with E-state index in [1.165, 1.54) is 0 Å². The first-order chi connectivity index (χ1) is 12.9. The third-order valence-corrected chi connectivity index (χ3v) is 2.25. The summed E-state index contributed by atoms with van der Waals surface area (Å²) < 4.78 is 71.5. The van der Waals surface area contributed by atoms with Crippen molar-refractivity contribution in [2.45, 2.75) is 12.8 Å². The van der Waals surface area contributed by atoms with Crippen LogP contribution in [0.4, 0.5) is 0 Å². The van der Waals surface area contributed by atoms with E-state index in [1.54, 1.807) is 9.35 Å². The molecule has 0 N–H and O–H groups in total. The quantitative estimate of drug-likeness (QED) is 0.247.